The lowest BCUT2D eigenvalue weighted by molar-refractivity contribution is -0.145. The molecule has 0 bridgehead atoms. The van der Waals surface area contributed by atoms with E-state index in [0.29, 0.717) is 6.61 Å². The maximum Gasteiger partial charge on any atom is 0.312 e. The monoisotopic (exact) mass is 170 g/mol. The molecule has 68 valence electrons. The Morgan fingerprint density at radius 3 is 3.00 bits per heavy atom. The molecular weight excluding hydrogens is 156 g/mol. The molecule has 3 heteroatoms. The van der Waals surface area contributed by atoms with E-state index in [1.165, 1.54) is 0 Å². The molecule has 0 saturated carbocycles. The first-order chi connectivity index (χ1) is 5.74. The number of esters is 1. The minimum absolute atomic E-state index is 0.158. The highest BCUT2D eigenvalue weighted by atomic mass is 16.6. The highest BCUT2D eigenvalue weighted by Crippen LogP contribution is 2.12. The molecule has 0 N–H and O–H groups in total. The molecule has 0 aromatic carbocycles. The molecule has 0 aliphatic carbocycles. The molecule has 0 aromatic rings. The van der Waals surface area contributed by atoms with E-state index >= 15 is 0 Å². The van der Waals surface area contributed by atoms with Crippen LogP contribution in [0.1, 0.15) is 13.8 Å². The Morgan fingerprint density at radius 1 is 1.83 bits per heavy atom. The first-order valence-corrected chi connectivity index (χ1v) is 4.20. The van der Waals surface area contributed by atoms with Crippen molar-refractivity contribution in [2.24, 2.45) is 5.92 Å². The summed E-state index contributed by atoms with van der Waals surface area (Å²) in [5.74, 6) is -0.330. The highest BCUT2D eigenvalue weighted by Gasteiger charge is 2.19. The van der Waals surface area contributed by atoms with Crippen LogP contribution >= 0.6 is 0 Å². The average Bonchev–Trinajstić information content (AvgIpc) is 2.83. The molecule has 12 heavy (non-hydrogen) atoms. The molecule has 1 aliphatic rings. The van der Waals surface area contributed by atoms with Crippen molar-refractivity contribution in [3.63, 3.8) is 0 Å². The molecule has 1 saturated heterocycles. The van der Waals surface area contributed by atoms with Crippen molar-refractivity contribution in [1.82, 2.24) is 0 Å². The van der Waals surface area contributed by atoms with Crippen molar-refractivity contribution in [1.29, 1.82) is 0 Å². The molecule has 1 rings (SSSR count). The Balaban J connectivity index is 2.24. The molecule has 0 spiro atoms. The van der Waals surface area contributed by atoms with Crippen molar-refractivity contribution in [2.75, 3.05) is 13.2 Å². The molecule has 0 amide bonds. The summed E-state index contributed by atoms with van der Waals surface area (Å²) in [6, 6.07) is 0. The van der Waals surface area contributed by atoms with Gasteiger partial charge in [-0.25, -0.2) is 0 Å². The van der Waals surface area contributed by atoms with E-state index in [1.807, 2.05) is 19.1 Å². The summed E-state index contributed by atoms with van der Waals surface area (Å²) in [5.41, 5.74) is 0. The summed E-state index contributed by atoms with van der Waals surface area (Å²) < 4.78 is 9.79. The minimum atomic E-state index is -0.172. The van der Waals surface area contributed by atoms with Crippen LogP contribution in [0.2, 0.25) is 0 Å². The van der Waals surface area contributed by atoms with Gasteiger partial charge in [0.2, 0.25) is 0 Å². The van der Waals surface area contributed by atoms with E-state index in [-0.39, 0.29) is 18.0 Å². The smallest absolute Gasteiger partial charge is 0.312 e. The molecule has 2 unspecified atom stereocenters. The second-order valence-corrected chi connectivity index (χ2v) is 2.80. The summed E-state index contributed by atoms with van der Waals surface area (Å²) >= 11 is 0. The quantitative estimate of drug-likeness (QED) is 0.361. The largest absolute Gasteiger partial charge is 0.466 e. The first kappa shape index (κ1) is 9.26. The fraction of sp³-hybridized carbons (Fsp3) is 0.667. The maximum absolute atomic E-state index is 11.1. The van der Waals surface area contributed by atoms with Gasteiger partial charge in [-0.1, -0.05) is 12.2 Å². The van der Waals surface area contributed by atoms with Crippen LogP contribution in [-0.4, -0.2) is 25.3 Å². The molecule has 2 atom stereocenters. The fourth-order valence-corrected chi connectivity index (χ4v) is 0.810. The first-order valence-electron chi connectivity index (χ1n) is 4.20. The van der Waals surface area contributed by atoms with Gasteiger partial charge in [0.1, 0.15) is 0 Å². The number of carbonyl (C=O) groups is 1. The van der Waals surface area contributed by atoms with Crippen molar-refractivity contribution in [3.05, 3.63) is 12.2 Å². The number of hydrogen-bond donors (Lipinski definition) is 0. The van der Waals surface area contributed by atoms with Gasteiger partial charge in [-0.2, -0.15) is 0 Å². The normalized spacial score (nSPS) is 24.0. The Hall–Kier alpha value is -0.830. The number of hydrogen-bond acceptors (Lipinski definition) is 3. The molecule has 3 nitrogen and oxygen atoms in total. The van der Waals surface area contributed by atoms with Crippen molar-refractivity contribution < 1.29 is 14.3 Å². The Morgan fingerprint density at radius 2 is 2.50 bits per heavy atom. The predicted octanol–water partition coefficient (Wildman–Crippen LogP) is 1.14. The summed E-state index contributed by atoms with van der Waals surface area (Å²) in [7, 11) is 0. The highest BCUT2D eigenvalue weighted by molar-refractivity contribution is 5.73. The molecule has 0 radical (unpaired) electrons. The predicted molar refractivity (Wildman–Crippen MR) is 44.7 cm³/mol. The van der Waals surface area contributed by atoms with Gasteiger partial charge < -0.3 is 9.47 Å². The molecular formula is C9H14O3. The standard InChI is InChI=1S/C9H14O3/c1-3-11-9(10)7(2)4-5-8-6-12-8/h4-5,7-8H,3,6H2,1-2H3/b5-4+. The third-order valence-corrected chi connectivity index (χ3v) is 1.63. The van der Waals surface area contributed by atoms with Gasteiger partial charge in [-0.15, -0.1) is 0 Å². The summed E-state index contributed by atoms with van der Waals surface area (Å²) in [5, 5.41) is 0. The third kappa shape index (κ3) is 3.05. The summed E-state index contributed by atoms with van der Waals surface area (Å²) in [6.07, 6.45) is 3.97. The van der Waals surface area contributed by atoms with Crippen molar-refractivity contribution in [2.45, 2.75) is 20.0 Å². The molecule has 0 aromatic heterocycles. The average molecular weight is 170 g/mol. The van der Waals surface area contributed by atoms with E-state index in [9.17, 15) is 4.79 Å². The van der Waals surface area contributed by atoms with Crippen LogP contribution in [-0.2, 0) is 14.3 Å². The van der Waals surface area contributed by atoms with Gasteiger partial charge in [0.25, 0.3) is 0 Å². The van der Waals surface area contributed by atoms with Gasteiger partial charge in [0, 0.05) is 0 Å². The van der Waals surface area contributed by atoms with Crippen LogP contribution in [0, 0.1) is 5.92 Å². The van der Waals surface area contributed by atoms with Crippen LogP contribution in [0.4, 0.5) is 0 Å². The number of carbonyl (C=O) groups excluding carboxylic acids is 1. The zero-order valence-electron chi connectivity index (χ0n) is 7.45. The minimum Gasteiger partial charge on any atom is -0.466 e. The lowest BCUT2D eigenvalue weighted by Gasteiger charge is -2.04. The van der Waals surface area contributed by atoms with E-state index in [1.54, 1.807) is 6.92 Å². The van der Waals surface area contributed by atoms with Gasteiger partial charge in [-0.05, 0) is 13.8 Å². The summed E-state index contributed by atoms with van der Waals surface area (Å²) in [4.78, 5) is 11.1. The SMILES string of the molecule is CCOC(=O)C(C)/C=C/C1CO1. The Bertz CT molecular complexity index is 182. The number of epoxide rings is 1. The van der Waals surface area contributed by atoms with Gasteiger partial charge in [0.05, 0.1) is 25.2 Å². The lowest BCUT2D eigenvalue weighted by Crippen LogP contribution is -2.12. The second-order valence-electron chi connectivity index (χ2n) is 2.80. The summed E-state index contributed by atoms with van der Waals surface area (Å²) in [6.45, 7) is 4.85. The van der Waals surface area contributed by atoms with E-state index in [2.05, 4.69) is 0 Å². The second kappa shape index (κ2) is 4.26. The van der Waals surface area contributed by atoms with E-state index in [4.69, 9.17) is 9.47 Å². The topological polar surface area (TPSA) is 38.8 Å². The molecule has 1 fully saturated rings. The number of rotatable bonds is 4. The van der Waals surface area contributed by atoms with E-state index < -0.39 is 0 Å². The van der Waals surface area contributed by atoms with Crippen molar-refractivity contribution in [3.8, 4) is 0 Å². The van der Waals surface area contributed by atoms with Crippen LogP contribution in [0.25, 0.3) is 0 Å². The molecule has 1 heterocycles. The zero-order chi connectivity index (χ0) is 8.97. The Labute approximate surface area is 72.4 Å². The third-order valence-electron chi connectivity index (χ3n) is 1.63. The maximum atomic E-state index is 11.1. The lowest BCUT2D eigenvalue weighted by atomic mass is 10.1. The zero-order valence-corrected chi connectivity index (χ0v) is 7.45. The van der Waals surface area contributed by atoms with Crippen LogP contribution in [0.5, 0.6) is 0 Å². The van der Waals surface area contributed by atoms with Gasteiger partial charge in [-0.3, -0.25) is 4.79 Å². The molecule has 1 aliphatic heterocycles. The van der Waals surface area contributed by atoms with E-state index in [0.717, 1.165) is 6.61 Å². The number of ether oxygens (including phenoxy) is 2. The van der Waals surface area contributed by atoms with Gasteiger partial charge in [0.15, 0.2) is 0 Å². The van der Waals surface area contributed by atoms with Crippen molar-refractivity contribution >= 4 is 5.97 Å². The van der Waals surface area contributed by atoms with Crippen LogP contribution < -0.4 is 0 Å². The van der Waals surface area contributed by atoms with Gasteiger partial charge >= 0.3 is 5.97 Å². The van der Waals surface area contributed by atoms with Crippen LogP contribution in [0.3, 0.4) is 0 Å². The van der Waals surface area contributed by atoms with Crippen LogP contribution in [0.15, 0.2) is 12.2 Å². The fourth-order valence-electron chi connectivity index (χ4n) is 0.810. The Kier molecular flexibility index (Phi) is 3.29.